The van der Waals surface area contributed by atoms with E-state index in [2.05, 4.69) is 50.3 Å². The normalized spacial score (nSPS) is 38.3. The van der Waals surface area contributed by atoms with E-state index < -0.39 is 0 Å². The zero-order valence-corrected chi connectivity index (χ0v) is 19.9. The molecule has 4 aliphatic carbocycles. The molecule has 0 aromatic heterocycles. The van der Waals surface area contributed by atoms with Crippen LogP contribution in [-0.4, -0.2) is 17.9 Å². The predicted molar refractivity (Wildman–Crippen MR) is 127 cm³/mol. The smallest absolute Gasteiger partial charge is 0.302 e. The number of ketones is 1. The highest BCUT2D eigenvalue weighted by atomic mass is 16.5. The standard InChI is InChI=1S/C29H36O3/c1-18(30)27-24(20-8-6-5-7-9-20)17-26-23-11-10-21-16-22(32-19(2)31)12-14-28(21,3)25(23)13-15-29(26,27)4/h5-10,22-23,25-26H,11-17H2,1-4H3/t22-,23+,25+,26+,28+,29+/m1/s1. The van der Waals surface area contributed by atoms with Crippen molar-refractivity contribution in [3.63, 3.8) is 0 Å². The Morgan fingerprint density at radius 3 is 2.34 bits per heavy atom. The zero-order valence-electron chi connectivity index (χ0n) is 19.9. The van der Waals surface area contributed by atoms with E-state index >= 15 is 0 Å². The van der Waals surface area contributed by atoms with Gasteiger partial charge in [-0.2, -0.15) is 0 Å². The maximum absolute atomic E-state index is 13.0. The molecule has 2 saturated carbocycles. The van der Waals surface area contributed by atoms with Crippen molar-refractivity contribution in [2.75, 3.05) is 0 Å². The van der Waals surface area contributed by atoms with Crippen molar-refractivity contribution >= 4 is 17.3 Å². The third-order valence-electron chi connectivity index (χ3n) is 9.55. The van der Waals surface area contributed by atoms with Crippen molar-refractivity contribution in [3.8, 4) is 0 Å². The van der Waals surface area contributed by atoms with Crippen molar-refractivity contribution in [1.29, 1.82) is 0 Å². The summed E-state index contributed by atoms with van der Waals surface area (Å²) >= 11 is 0. The van der Waals surface area contributed by atoms with Gasteiger partial charge in [-0.25, -0.2) is 0 Å². The molecule has 3 heteroatoms. The Balaban J connectivity index is 1.48. The number of rotatable bonds is 3. The molecular weight excluding hydrogens is 396 g/mol. The average Bonchev–Trinajstić information content (AvgIpc) is 3.08. The molecule has 4 aliphatic rings. The van der Waals surface area contributed by atoms with Crippen LogP contribution in [0.4, 0.5) is 0 Å². The molecule has 0 radical (unpaired) electrons. The Morgan fingerprint density at radius 2 is 1.66 bits per heavy atom. The van der Waals surface area contributed by atoms with Gasteiger partial charge in [-0.15, -0.1) is 0 Å². The summed E-state index contributed by atoms with van der Waals surface area (Å²) in [6, 6.07) is 10.6. The Morgan fingerprint density at radius 1 is 0.938 bits per heavy atom. The number of carbonyl (C=O) groups is 2. The van der Waals surface area contributed by atoms with Crippen molar-refractivity contribution in [3.05, 3.63) is 53.1 Å². The molecule has 5 rings (SSSR count). The Hall–Kier alpha value is -2.16. The van der Waals surface area contributed by atoms with Crippen molar-refractivity contribution < 1.29 is 14.3 Å². The summed E-state index contributed by atoms with van der Waals surface area (Å²) in [5.74, 6) is 1.89. The first kappa shape index (κ1) is 21.7. The lowest BCUT2D eigenvalue weighted by Gasteiger charge is -2.57. The van der Waals surface area contributed by atoms with Crippen LogP contribution >= 0.6 is 0 Å². The second kappa shape index (κ2) is 7.71. The number of esters is 1. The molecule has 6 atom stereocenters. The van der Waals surface area contributed by atoms with E-state index in [1.807, 2.05) is 0 Å². The van der Waals surface area contributed by atoms with E-state index in [4.69, 9.17) is 4.74 Å². The first-order valence-corrected chi connectivity index (χ1v) is 12.4. The fourth-order valence-corrected chi connectivity index (χ4v) is 8.15. The van der Waals surface area contributed by atoms with Crippen molar-refractivity contribution in [2.45, 2.75) is 78.7 Å². The monoisotopic (exact) mass is 432 g/mol. The summed E-state index contributed by atoms with van der Waals surface area (Å²) in [6.07, 6.45) is 9.87. The minimum atomic E-state index is -0.163. The molecule has 32 heavy (non-hydrogen) atoms. The van der Waals surface area contributed by atoms with Crippen LogP contribution in [0.25, 0.3) is 5.57 Å². The number of Topliss-reactive ketones (excluding diaryl/α,β-unsaturated/α-hetero) is 1. The van der Waals surface area contributed by atoms with Crippen LogP contribution in [0.5, 0.6) is 0 Å². The topological polar surface area (TPSA) is 43.4 Å². The molecule has 1 aromatic carbocycles. The summed E-state index contributed by atoms with van der Waals surface area (Å²) < 4.78 is 5.59. The highest BCUT2D eigenvalue weighted by Crippen LogP contribution is 2.67. The molecule has 0 N–H and O–H groups in total. The van der Waals surface area contributed by atoms with E-state index in [0.717, 1.165) is 44.1 Å². The van der Waals surface area contributed by atoms with Gasteiger partial charge in [0.25, 0.3) is 0 Å². The molecule has 0 aliphatic heterocycles. The predicted octanol–water partition coefficient (Wildman–Crippen LogP) is 6.53. The molecule has 0 bridgehead atoms. The Labute approximate surface area is 192 Å². The number of fused-ring (bicyclic) bond motifs is 5. The fourth-order valence-electron chi connectivity index (χ4n) is 8.15. The van der Waals surface area contributed by atoms with Crippen LogP contribution in [0.2, 0.25) is 0 Å². The highest BCUT2D eigenvalue weighted by Gasteiger charge is 2.58. The van der Waals surface area contributed by atoms with Gasteiger partial charge in [0.2, 0.25) is 0 Å². The zero-order chi connectivity index (χ0) is 22.7. The lowest BCUT2D eigenvalue weighted by atomic mass is 9.47. The van der Waals surface area contributed by atoms with Gasteiger partial charge in [0, 0.05) is 18.9 Å². The van der Waals surface area contributed by atoms with Crippen molar-refractivity contribution in [2.24, 2.45) is 28.6 Å². The number of hydrogen-bond acceptors (Lipinski definition) is 3. The Kier molecular flexibility index (Phi) is 5.22. The first-order chi connectivity index (χ1) is 15.2. The van der Waals surface area contributed by atoms with Crippen LogP contribution in [0, 0.1) is 28.6 Å². The van der Waals surface area contributed by atoms with Crippen LogP contribution < -0.4 is 0 Å². The second-order valence-corrected chi connectivity index (χ2v) is 11.2. The number of benzene rings is 1. The summed E-state index contributed by atoms with van der Waals surface area (Å²) in [5, 5.41) is 0. The molecule has 0 unspecified atom stereocenters. The van der Waals surface area contributed by atoms with Gasteiger partial charge in [-0.05, 0) is 85.2 Å². The maximum Gasteiger partial charge on any atom is 0.302 e. The van der Waals surface area contributed by atoms with Crippen LogP contribution in [-0.2, 0) is 14.3 Å². The minimum Gasteiger partial charge on any atom is -0.462 e. The van der Waals surface area contributed by atoms with Crippen LogP contribution in [0.15, 0.2) is 47.6 Å². The van der Waals surface area contributed by atoms with Gasteiger partial charge in [-0.3, -0.25) is 9.59 Å². The van der Waals surface area contributed by atoms with Gasteiger partial charge < -0.3 is 4.74 Å². The van der Waals surface area contributed by atoms with E-state index in [-0.39, 0.29) is 28.7 Å². The van der Waals surface area contributed by atoms with Crippen molar-refractivity contribution in [1.82, 2.24) is 0 Å². The number of carbonyl (C=O) groups excluding carboxylic acids is 2. The van der Waals surface area contributed by atoms with E-state index in [0.29, 0.717) is 17.8 Å². The van der Waals surface area contributed by atoms with E-state index in [9.17, 15) is 9.59 Å². The number of hydrogen-bond donors (Lipinski definition) is 0. The third kappa shape index (κ3) is 3.23. The van der Waals surface area contributed by atoms with Crippen LogP contribution in [0.3, 0.4) is 0 Å². The molecule has 0 amide bonds. The van der Waals surface area contributed by atoms with E-state index in [1.165, 1.54) is 30.1 Å². The van der Waals surface area contributed by atoms with Gasteiger partial charge in [0.05, 0.1) is 0 Å². The fraction of sp³-hybridized carbons (Fsp3) is 0.586. The number of ether oxygens (including phenoxy) is 1. The SMILES string of the molecule is CC(=O)O[C@@H]1CC[C@@]2(C)C(=CC[C@H]3[C@@H]2CC[C@]2(C)C(C(C)=O)=C(c4ccccc4)C[C@@H]32)C1. The molecule has 170 valence electrons. The third-order valence-corrected chi connectivity index (χ3v) is 9.55. The van der Waals surface area contributed by atoms with Gasteiger partial charge in [-0.1, -0.05) is 55.8 Å². The minimum absolute atomic E-state index is 0.0190. The first-order valence-electron chi connectivity index (χ1n) is 12.4. The molecule has 3 nitrogen and oxygen atoms in total. The molecule has 0 spiro atoms. The summed E-state index contributed by atoms with van der Waals surface area (Å²) in [7, 11) is 0. The van der Waals surface area contributed by atoms with Gasteiger partial charge in [0.15, 0.2) is 5.78 Å². The average molecular weight is 433 g/mol. The quantitative estimate of drug-likeness (QED) is 0.403. The lowest BCUT2D eigenvalue weighted by Crippen LogP contribution is -2.50. The van der Waals surface area contributed by atoms with Crippen LogP contribution in [0.1, 0.15) is 78.2 Å². The molecule has 0 heterocycles. The maximum atomic E-state index is 13.0. The Bertz CT molecular complexity index is 1000. The number of allylic oxidation sites excluding steroid dienone is 3. The second-order valence-electron chi connectivity index (χ2n) is 11.2. The van der Waals surface area contributed by atoms with E-state index in [1.54, 1.807) is 6.92 Å². The summed E-state index contributed by atoms with van der Waals surface area (Å²) in [5.41, 5.74) is 5.32. The lowest BCUT2D eigenvalue weighted by molar-refractivity contribution is -0.148. The summed E-state index contributed by atoms with van der Waals surface area (Å²) in [4.78, 5) is 24.5. The molecule has 2 fully saturated rings. The largest absolute Gasteiger partial charge is 0.462 e. The van der Waals surface area contributed by atoms with Gasteiger partial charge in [0.1, 0.15) is 6.10 Å². The molecular formula is C29H36O3. The summed E-state index contributed by atoms with van der Waals surface area (Å²) in [6.45, 7) is 8.13. The molecule has 1 aromatic rings. The highest BCUT2D eigenvalue weighted by molar-refractivity contribution is 6.03. The molecule has 0 saturated heterocycles. The van der Waals surface area contributed by atoms with Gasteiger partial charge >= 0.3 is 5.97 Å².